The fourth-order valence-electron chi connectivity index (χ4n) is 2.69. The standard InChI is InChI=1S/C13H16F2.C2H4/c1-11(2)9-7-5-6-8-10(9)12(3,4)13(11,14)15;1-2/h5-8H,1-4H3;1-2H2. The van der Waals surface area contributed by atoms with Gasteiger partial charge >= 0.3 is 0 Å². The summed E-state index contributed by atoms with van der Waals surface area (Å²) in [5.74, 6) is -2.70. The van der Waals surface area contributed by atoms with Crippen LogP contribution in [0.5, 0.6) is 0 Å². The van der Waals surface area contributed by atoms with Gasteiger partial charge in [0.25, 0.3) is 5.92 Å². The molecule has 0 saturated heterocycles. The predicted molar refractivity (Wildman–Crippen MR) is 68.7 cm³/mol. The van der Waals surface area contributed by atoms with Gasteiger partial charge in [0.15, 0.2) is 0 Å². The number of alkyl halides is 2. The average Bonchev–Trinajstić information content (AvgIpc) is 2.40. The molecule has 1 aliphatic carbocycles. The van der Waals surface area contributed by atoms with Crippen molar-refractivity contribution >= 4 is 0 Å². The summed E-state index contributed by atoms with van der Waals surface area (Å²) in [5, 5.41) is 0. The van der Waals surface area contributed by atoms with Crippen LogP contribution in [0.3, 0.4) is 0 Å². The highest BCUT2D eigenvalue weighted by atomic mass is 19.3. The zero-order valence-electron chi connectivity index (χ0n) is 11.0. The van der Waals surface area contributed by atoms with Gasteiger partial charge < -0.3 is 0 Å². The van der Waals surface area contributed by atoms with Crippen LogP contribution in [0.15, 0.2) is 37.4 Å². The van der Waals surface area contributed by atoms with Crippen molar-refractivity contribution in [1.29, 1.82) is 0 Å². The topological polar surface area (TPSA) is 0 Å². The minimum Gasteiger partial charge on any atom is -0.205 e. The van der Waals surface area contributed by atoms with E-state index in [1.165, 1.54) is 0 Å². The fourth-order valence-corrected chi connectivity index (χ4v) is 2.69. The van der Waals surface area contributed by atoms with E-state index in [4.69, 9.17) is 0 Å². The van der Waals surface area contributed by atoms with E-state index in [1.807, 2.05) is 24.3 Å². The molecule has 1 aromatic carbocycles. The van der Waals surface area contributed by atoms with Crippen LogP contribution in [0.1, 0.15) is 38.8 Å². The molecule has 0 unspecified atom stereocenters. The lowest BCUT2D eigenvalue weighted by Crippen LogP contribution is -2.46. The van der Waals surface area contributed by atoms with Crippen molar-refractivity contribution in [3.8, 4) is 0 Å². The lowest BCUT2D eigenvalue weighted by atomic mass is 9.77. The molecule has 2 rings (SSSR count). The van der Waals surface area contributed by atoms with Gasteiger partial charge in [-0.1, -0.05) is 24.3 Å². The first kappa shape index (κ1) is 13.9. The minimum atomic E-state index is -2.70. The molecule has 0 amide bonds. The third kappa shape index (κ3) is 1.54. The van der Waals surface area contributed by atoms with E-state index in [9.17, 15) is 8.78 Å². The van der Waals surface area contributed by atoms with Gasteiger partial charge in [-0.05, 0) is 38.8 Å². The average molecular weight is 238 g/mol. The lowest BCUT2D eigenvalue weighted by molar-refractivity contribution is -0.105. The van der Waals surface area contributed by atoms with Crippen molar-refractivity contribution in [2.75, 3.05) is 0 Å². The van der Waals surface area contributed by atoms with Gasteiger partial charge in [-0.15, -0.1) is 13.2 Å². The van der Waals surface area contributed by atoms with E-state index < -0.39 is 16.8 Å². The van der Waals surface area contributed by atoms with Crippen LogP contribution in [-0.2, 0) is 10.8 Å². The van der Waals surface area contributed by atoms with Crippen LogP contribution >= 0.6 is 0 Å². The molecule has 0 nitrogen and oxygen atoms in total. The van der Waals surface area contributed by atoms with Crippen molar-refractivity contribution in [2.45, 2.75) is 44.4 Å². The van der Waals surface area contributed by atoms with Crippen molar-refractivity contribution in [1.82, 2.24) is 0 Å². The molecular weight excluding hydrogens is 218 g/mol. The van der Waals surface area contributed by atoms with Crippen molar-refractivity contribution in [2.24, 2.45) is 0 Å². The summed E-state index contributed by atoms with van der Waals surface area (Å²) >= 11 is 0. The van der Waals surface area contributed by atoms with E-state index in [0.29, 0.717) is 0 Å². The molecule has 1 aliphatic rings. The Hall–Kier alpha value is -1.18. The molecule has 1 aromatic rings. The zero-order chi connectivity index (χ0) is 13.5. The number of benzene rings is 1. The Balaban J connectivity index is 0.000000686. The molecule has 0 heterocycles. The molecule has 0 bridgehead atoms. The maximum absolute atomic E-state index is 14.3. The van der Waals surface area contributed by atoms with Gasteiger partial charge in [-0.3, -0.25) is 0 Å². The third-order valence-corrected chi connectivity index (χ3v) is 3.84. The highest BCUT2D eigenvalue weighted by molar-refractivity contribution is 5.48. The summed E-state index contributed by atoms with van der Waals surface area (Å²) < 4.78 is 28.6. The predicted octanol–water partition coefficient (Wildman–Crippen LogP) is 4.69. The SMILES string of the molecule is C=C.CC1(C)c2ccccc2C(C)(C)C1(F)F. The largest absolute Gasteiger partial charge is 0.266 e. The van der Waals surface area contributed by atoms with Crippen LogP contribution in [0, 0.1) is 0 Å². The molecule has 2 heteroatoms. The first-order chi connectivity index (χ1) is 7.73. The summed E-state index contributed by atoms with van der Waals surface area (Å²) in [6, 6.07) is 7.30. The van der Waals surface area contributed by atoms with Gasteiger partial charge in [0.05, 0.1) is 10.8 Å². The summed E-state index contributed by atoms with van der Waals surface area (Å²) in [4.78, 5) is 0. The van der Waals surface area contributed by atoms with Crippen LogP contribution in [-0.4, -0.2) is 5.92 Å². The van der Waals surface area contributed by atoms with Crippen molar-refractivity contribution < 1.29 is 8.78 Å². The summed E-state index contributed by atoms with van der Waals surface area (Å²) in [6.07, 6.45) is 0. The van der Waals surface area contributed by atoms with Crippen molar-refractivity contribution in [3.05, 3.63) is 48.6 Å². The molecule has 17 heavy (non-hydrogen) atoms. The van der Waals surface area contributed by atoms with Gasteiger partial charge in [-0.2, -0.15) is 0 Å². The quantitative estimate of drug-likeness (QED) is 0.575. The van der Waals surface area contributed by atoms with Gasteiger partial charge in [0.1, 0.15) is 0 Å². The van der Waals surface area contributed by atoms with Gasteiger partial charge in [-0.25, -0.2) is 8.78 Å². The Bertz CT molecular complexity index is 380. The number of rotatable bonds is 0. The zero-order valence-corrected chi connectivity index (χ0v) is 11.0. The molecule has 0 aromatic heterocycles. The minimum absolute atomic E-state index is 0.778. The van der Waals surface area contributed by atoms with Crippen LogP contribution in [0.25, 0.3) is 0 Å². The highest BCUT2D eigenvalue weighted by Gasteiger charge is 2.64. The molecule has 94 valence electrons. The number of hydrogen-bond donors (Lipinski definition) is 0. The Kier molecular flexibility index (Phi) is 3.21. The maximum Gasteiger partial charge on any atom is 0.266 e. The summed E-state index contributed by atoms with van der Waals surface area (Å²) in [6.45, 7) is 12.5. The Labute approximate surface area is 102 Å². The fraction of sp³-hybridized carbons (Fsp3) is 0.467. The Morgan fingerprint density at radius 3 is 1.41 bits per heavy atom. The summed E-state index contributed by atoms with van der Waals surface area (Å²) in [5.41, 5.74) is -0.597. The monoisotopic (exact) mass is 238 g/mol. The van der Waals surface area contributed by atoms with Gasteiger partial charge in [0, 0.05) is 0 Å². The second-order valence-corrected chi connectivity index (χ2v) is 5.37. The lowest BCUT2D eigenvalue weighted by Gasteiger charge is -2.35. The Morgan fingerprint density at radius 1 is 0.824 bits per heavy atom. The van der Waals surface area contributed by atoms with Crippen molar-refractivity contribution in [3.63, 3.8) is 0 Å². The van der Waals surface area contributed by atoms with E-state index in [1.54, 1.807) is 27.7 Å². The molecule has 0 radical (unpaired) electrons. The van der Waals surface area contributed by atoms with Crippen LogP contribution < -0.4 is 0 Å². The molecule has 0 saturated carbocycles. The Morgan fingerprint density at radius 2 is 1.12 bits per heavy atom. The second kappa shape index (κ2) is 3.94. The van der Waals surface area contributed by atoms with E-state index >= 15 is 0 Å². The normalized spacial score (nSPS) is 22.2. The maximum atomic E-state index is 14.3. The summed E-state index contributed by atoms with van der Waals surface area (Å²) in [7, 11) is 0. The molecule has 0 N–H and O–H groups in total. The molecule has 0 fully saturated rings. The molecular formula is C15H20F2. The highest BCUT2D eigenvalue weighted by Crippen LogP contribution is 2.59. The first-order valence-corrected chi connectivity index (χ1v) is 5.71. The number of fused-ring (bicyclic) bond motifs is 1. The van der Waals surface area contributed by atoms with E-state index in [0.717, 1.165) is 11.1 Å². The molecule has 0 spiro atoms. The number of hydrogen-bond acceptors (Lipinski definition) is 0. The second-order valence-electron chi connectivity index (χ2n) is 5.37. The first-order valence-electron chi connectivity index (χ1n) is 5.71. The molecule has 0 aliphatic heterocycles. The smallest absolute Gasteiger partial charge is 0.205 e. The molecule has 0 atom stereocenters. The number of halogens is 2. The van der Waals surface area contributed by atoms with Crippen LogP contribution in [0.2, 0.25) is 0 Å². The van der Waals surface area contributed by atoms with E-state index in [-0.39, 0.29) is 0 Å². The van der Waals surface area contributed by atoms with E-state index in [2.05, 4.69) is 13.2 Å². The van der Waals surface area contributed by atoms with Gasteiger partial charge in [0.2, 0.25) is 0 Å². The third-order valence-electron chi connectivity index (χ3n) is 3.84. The van der Waals surface area contributed by atoms with Crippen LogP contribution in [0.4, 0.5) is 8.78 Å².